The number of ether oxygens (including phenoxy) is 1. The molecule has 2 aliphatic rings. The summed E-state index contributed by atoms with van der Waals surface area (Å²) in [6.07, 6.45) is 5.25. The molecule has 0 bridgehead atoms. The second-order valence-electron chi connectivity index (χ2n) is 6.35. The summed E-state index contributed by atoms with van der Waals surface area (Å²) in [4.78, 5) is 25.3. The number of rotatable bonds is 5. The maximum Gasteiger partial charge on any atom is 0.293 e. The van der Waals surface area contributed by atoms with Crippen LogP contribution in [0.4, 0.5) is 11.4 Å². The monoisotopic (exact) mass is 333 g/mol. The number of amides is 1. The molecule has 0 saturated carbocycles. The molecule has 130 valence electrons. The fourth-order valence-corrected chi connectivity index (χ4v) is 3.33. The summed E-state index contributed by atoms with van der Waals surface area (Å²) < 4.78 is 5.47. The van der Waals surface area contributed by atoms with E-state index in [1.807, 2.05) is 4.90 Å². The molecule has 0 radical (unpaired) electrons. The second kappa shape index (κ2) is 7.61. The van der Waals surface area contributed by atoms with E-state index >= 15 is 0 Å². The van der Waals surface area contributed by atoms with E-state index in [0.29, 0.717) is 17.8 Å². The van der Waals surface area contributed by atoms with Crippen molar-refractivity contribution in [1.82, 2.24) is 5.32 Å². The first kappa shape index (κ1) is 16.7. The van der Waals surface area contributed by atoms with E-state index in [1.165, 1.54) is 6.07 Å². The highest BCUT2D eigenvalue weighted by Crippen LogP contribution is 2.31. The third kappa shape index (κ3) is 3.84. The molecule has 1 atom stereocenters. The lowest BCUT2D eigenvalue weighted by Crippen LogP contribution is -2.32. The predicted molar refractivity (Wildman–Crippen MR) is 90.5 cm³/mol. The number of nitrogens with one attached hydrogen (secondary N) is 1. The predicted octanol–water partition coefficient (Wildman–Crippen LogP) is 2.49. The maximum absolute atomic E-state index is 12.3. The molecule has 0 unspecified atom stereocenters. The third-order valence-corrected chi connectivity index (χ3v) is 4.65. The lowest BCUT2D eigenvalue weighted by atomic mass is 10.1. The summed E-state index contributed by atoms with van der Waals surface area (Å²) in [7, 11) is 0. The zero-order valence-corrected chi connectivity index (χ0v) is 13.7. The molecule has 0 spiro atoms. The van der Waals surface area contributed by atoms with Crippen molar-refractivity contribution in [2.24, 2.45) is 0 Å². The van der Waals surface area contributed by atoms with E-state index in [2.05, 4.69) is 5.32 Å². The Bertz CT molecular complexity index is 608. The third-order valence-electron chi connectivity index (χ3n) is 4.65. The van der Waals surface area contributed by atoms with E-state index < -0.39 is 4.92 Å². The fraction of sp³-hybridized carbons (Fsp3) is 0.588. The number of nitro groups is 1. The van der Waals surface area contributed by atoms with Crippen LogP contribution in [0.1, 0.15) is 42.5 Å². The second-order valence-corrected chi connectivity index (χ2v) is 6.35. The van der Waals surface area contributed by atoms with E-state index in [4.69, 9.17) is 4.74 Å². The van der Waals surface area contributed by atoms with Crippen LogP contribution in [0.25, 0.3) is 0 Å². The molecule has 2 saturated heterocycles. The molecule has 1 amide bonds. The average Bonchev–Trinajstić information content (AvgIpc) is 3.13. The average molecular weight is 333 g/mol. The van der Waals surface area contributed by atoms with Gasteiger partial charge < -0.3 is 15.0 Å². The topological polar surface area (TPSA) is 84.7 Å². The van der Waals surface area contributed by atoms with Gasteiger partial charge in [-0.3, -0.25) is 14.9 Å². The Balaban J connectivity index is 1.72. The van der Waals surface area contributed by atoms with Crippen LogP contribution in [0.3, 0.4) is 0 Å². The van der Waals surface area contributed by atoms with Gasteiger partial charge in [0.1, 0.15) is 5.69 Å². The van der Waals surface area contributed by atoms with Gasteiger partial charge in [-0.05, 0) is 44.2 Å². The van der Waals surface area contributed by atoms with Crippen molar-refractivity contribution in [2.45, 2.75) is 38.2 Å². The number of nitrogens with zero attached hydrogens (tertiary/aromatic N) is 2. The van der Waals surface area contributed by atoms with Crippen molar-refractivity contribution in [1.29, 1.82) is 0 Å². The van der Waals surface area contributed by atoms with Gasteiger partial charge in [0.15, 0.2) is 0 Å². The largest absolute Gasteiger partial charge is 0.376 e. The first-order valence-electron chi connectivity index (χ1n) is 8.58. The number of hydrogen-bond acceptors (Lipinski definition) is 5. The van der Waals surface area contributed by atoms with Crippen molar-refractivity contribution in [3.8, 4) is 0 Å². The van der Waals surface area contributed by atoms with Gasteiger partial charge in [0.25, 0.3) is 11.6 Å². The molecule has 1 N–H and O–H groups in total. The molecule has 0 aliphatic carbocycles. The van der Waals surface area contributed by atoms with Crippen LogP contribution < -0.4 is 10.2 Å². The SMILES string of the molecule is O=C(NC[C@@H]1CCCO1)c1ccc(N2CCCCC2)c([N+](=O)[O-])c1. The smallest absolute Gasteiger partial charge is 0.293 e. The first-order valence-corrected chi connectivity index (χ1v) is 8.58. The highest BCUT2D eigenvalue weighted by molar-refractivity contribution is 5.95. The zero-order chi connectivity index (χ0) is 16.9. The summed E-state index contributed by atoms with van der Waals surface area (Å²) in [6, 6.07) is 4.75. The van der Waals surface area contributed by atoms with Gasteiger partial charge in [0.2, 0.25) is 0 Å². The van der Waals surface area contributed by atoms with E-state index in [9.17, 15) is 14.9 Å². The van der Waals surface area contributed by atoms with Gasteiger partial charge in [0, 0.05) is 37.9 Å². The molecule has 3 rings (SSSR count). The van der Waals surface area contributed by atoms with Gasteiger partial charge in [-0.2, -0.15) is 0 Å². The van der Waals surface area contributed by atoms with Crippen LogP contribution in [0.5, 0.6) is 0 Å². The molecular weight excluding hydrogens is 310 g/mol. The van der Waals surface area contributed by atoms with Gasteiger partial charge in [0.05, 0.1) is 11.0 Å². The zero-order valence-electron chi connectivity index (χ0n) is 13.7. The summed E-state index contributed by atoms with van der Waals surface area (Å²) in [5, 5.41) is 14.2. The van der Waals surface area contributed by atoms with Gasteiger partial charge in [-0.15, -0.1) is 0 Å². The number of hydrogen-bond donors (Lipinski definition) is 1. The number of benzene rings is 1. The summed E-state index contributed by atoms with van der Waals surface area (Å²) in [6.45, 7) is 2.83. The molecule has 1 aromatic carbocycles. The van der Waals surface area contributed by atoms with Crippen LogP contribution in [-0.2, 0) is 4.74 Å². The van der Waals surface area contributed by atoms with Crippen molar-refractivity contribution >= 4 is 17.3 Å². The summed E-state index contributed by atoms with van der Waals surface area (Å²) in [5.74, 6) is -0.293. The Labute approximate surface area is 141 Å². The standard InChI is InChI=1S/C17H23N3O4/c21-17(18-12-14-5-4-10-24-14)13-6-7-15(16(11-13)20(22)23)19-8-2-1-3-9-19/h6-7,11,14H,1-5,8-10,12H2,(H,18,21)/t14-/m0/s1. The molecule has 0 aromatic heterocycles. The van der Waals surface area contributed by atoms with Crippen LogP contribution in [0, 0.1) is 10.1 Å². The van der Waals surface area contributed by atoms with Crippen molar-refractivity contribution in [3.63, 3.8) is 0 Å². The summed E-state index contributed by atoms with van der Waals surface area (Å²) >= 11 is 0. The molecule has 7 nitrogen and oxygen atoms in total. The van der Waals surface area contributed by atoms with Crippen LogP contribution >= 0.6 is 0 Å². The summed E-state index contributed by atoms with van der Waals surface area (Å²) in [5.41, 5.74) is 0.928. The lowest BCUT2D eigenvalue weighted by molar-refractivity contribution is -0.384. The first-order chi connectivity index (χ1) is 11.6. The van der Waals surface area contributed by atoms with Crippen molar-refractivity contribution in [2.75, 3.05) is 31.1 Å². The highest BCUT2D eigenvalue weighted by atomic mass is 16.6. The molecule has 7 heteroatoms. The van der Waals surface area contributed by atoms with E-state index in [0.717, 1.165) is 51.8 Å². The molecular formula is C17H23N3O4. The van der Waals surface area contributed by atoms with Gasteiger partial charge in [-0.1, -0.05) is 0 Å². The number of carbonyl (C=O) groups is 1. The van der Waals surface area contributed by atoms with Crippen molar-refractivity contribution in [3.05, 3.63) is 33.9 Å². The molecule has 2 heterocycles. The van der Waals surface area contributed by atoms with Crippen LogP contribution in [0.15, 0.2) is 18.2 Å². The normalized spacial score (nSPS) is 20.8. The number of anilines is 1. The number of piperidine rings is 1. The minimum Gasteiger partial charge on any atom is -0.376 e. The number of carbonyl (C=O) groups excluding carboxylic acids is 1. The Morgan fingerprint density at radius 2 is 2.08 bits per heavy atom. The Hall–Kier alpha value is -2.15. The van der Waals surface area contributed by atoms with E-state index in [-0.39, 0.29) is 17.7 Å². The maximum atomic E-state index is 12.3. The molecule has 2 aliphatic heterocycles. The molecule has 24 heavy (non-hydrogen) atoms. The number of nitro benzene ring substituents is 1. The van der Waals surface area contributed by atoms with Crippen LogP contribution in [-0.4, -0.2) is 43.2 Å². The molecule has 1 aromatic rings. The Morgan fingerprint density at radius 1 is 1.29 bits per heavy atom. The highest BCUT2D eigenvalue weighted by Gasteiger charge is 2.23. The quantitative estimate of drug-likeness (QED) is 0.661. The Morgan fingerprint density at radius 3 is 2.75 bits per heavy atom. The van der Waals surface area contributed by atoms with Gasteiger partial charge in [-0.25, -0.2) is 0 Å². The minimum atomic E-state index is -0.402. The lowest BCUT2D eigenvalue weighted by Gasteiger charge is -2.28. The molecule has 2 fully saturated rings. The minimum absolute atomic E-state index is 0.00154. The van der Waals surface area contributed by atoms with Gasteiger partial charge >= 0.3 is 0 Å². The van der Waals surface area contributed by atoms with E-state index in [1.54, 1.807) is 12.1 Å². The van der Waals surface area contributed by atoms with Crippen LogP contribution in [0.2, 0.25) is 0 Å². The fourth-order valence-electron chi connectivity index (χ4n) is 3.33. The Kier molecular flexibility index (Phi) is 5.30. The van der Waals surface area contributed by atoms with Crippen molar-refractivity contribution < 1.29 is 14.5 Å².